The Bertz CT molecular complexity index is 280. The maximum absolute atomic E-state index is 11.0. The van der Waals surface area contributed by atoms with Crippen LogP contribution in [-0.2, 0) is 19.1 Å². The molecule has 0 aliphatic carbocycles. The van der Waals surface area contributed by atoms with Crippen molar-refractivity contribution in [1.82, 2.24) is 4.90 Å². The van der Waals surface area contributed by atoms with Gasteiger partial charge in [-0.05, 0) is 20.9 Å². The standard InChI is InChI=1S/C13H21NO4/c1-4-6-12(15)17-10-8-14(3)9-11-18-13(16)7-5-2/h4-7H,8-11H2,1-3H3. The molecule has 0 N–H and O–H groups in total. The lowest BCUT2D eigenvalue weighted by Crippen LogP contribution is -2.28. The minimum Gasteiger partial charge on any atom is -0.461 e. The molecule has 0 saturated heterocycles. The second-order valence-corrected chi connectivity index (χ2v) is 3.64. The lowest BCUT2D eigenvalue weighted by atomic mass is 10.5. The van der Waals surface area contributed by atoms with Crippen LogP contribution in [0.5, 0.6) is 0 Å². The number of rotatable bonds is 8. The summed E-state index contributed by atoms with van der Waals surface area (Å²) >= 11 is 0. The van der Waals surface area contributed by atoms with Gasteiger partial charge in [-0.3, -0.25) is 4.90 Å². The average Bonchev–Trinajstić information content (AvgIpc) is 2.29. The van der Waals surface area contributed by atoms with E-state index in [4.69, 9.17) is 9.47 Å². The van der Waals surface area contributed by atoms with Gasteiger partial charge in [0.25, 0.3) is 0 Å². The molecule has 0 amide bonds. The molecule has 0 fully saturated rings. The molecule has 5 nitrogen and oxygen atoms in total. The van der Waals surface area contributed by atoms with E-state index in [-0.39, 0.29) is 11.9 Å². The molecule has 0 aromatic carbocycles. The van der Waals surface area contributed by atoms with Crippen LogP contribution in [0.2, 0.25) is 0 Å². The van der Waals surface area contributed by atoms with Gasteiger partial charge in [0.15, 0.2) is 0 Å². The number of esters is 2. The molecule has 0 aliphatic rings. The first-order valence-electron chi connectivity index (χ1n) is 5.87. The Morgan fingerprint density at radius 2 is 1.33 bits per heavy atom. The van der Waals surface area contributed by atoms with Gasteiger partial charge >= 0.3 is 11.9 Å². The van der Waals surface area contributed by atoms with Crippen molar-refractivity contribution in [3.63, 3.8) is 0 Å². The fourth-order valence-electron chi connectivity index (χ4n) is 1.08. The van der Waals surface area contributed by atoms with Crippen molar-refractivity contribution in [1.29, 1.82) is 0 Å². The van der Waals surface area contributed by atoms with E-state index in [1.165, 1.54) is 12.2 Å². The first-order chi connectivity index (χ1) is 8.60. The Kier molecular flexibility index (Phi) is 9.58. The highest BCUT2D eigenvalue weighted by atomic mass is 16.5. The van der Waals surface area contributed by atoms with E-state index in [1.807, 2.05) is 11.9 Å². The number of nitrogens with zero attached hydrogens (tertiary/aromatic N) is 1. The predicted molar refractivity (Wildman–Crippen MR) is 69.0 cm³/mol. The normalized spacial score (nSPS) is 11.3. The van der Waals surface area contributed by atoms with E-state index >= 15 is 0 Å². The molecule has 0 aromatic rings. The van der Waals surface area contributed by atoms with Gasteiger partial charge in [-0.15, -0.1) is 0 Å². The summed E-state index contributed by atoms with van der Waals surface area (Å²) in [6, 6.07) is 0. The molecule has 0 heterocycles. The van der Waals surface area contributed by atoms with Crippen LogP contribution in [0.4, 0.5) is 0 Å². The van der Waals surface area contributed by atoms with Gasteiger partial charge in [0, 0.05) is 25.2 Å². The fraction of sp³-hybridized carbons (Fsp3) is 0.538. The predicted octanol–water partition coefficient (Wildman–Crippen LogP) is 1.16. The summed E-state index contributed by atoms with van der Waals surface area (Å²) in [5.74, 6) is -0.684. The molecule has 0 spiro atoms. The van der Waals surface area contributed by atoms with Gasteiger partial charge in [-0.1, -0.05) is 12.2 Å². The number of allylic oxidation sites excluding steroid dienone is 2. The lowest BCUT2D eigenvalue weighted by molar-refractivity contribution is -0.138. The molecule has 0 atom stereocenters. The van der Waals surface area contributed by atoms with Gasteiger partial charge in [0.2, 0.25) is 0 Å². The highest BCUT2D eigenvalue weighted by Crippen LogP contribution is 1.88. The summed E-state index contributed by atoms with van der Waals surface area (Å²) in [6.45, 7) is 5.36. The maximum atomic E-state index is 11.0. The third-order valence-electron chi connectivity index (χ3n) is 2.04. The van der Waals surface area contributed by atoms with Gasteiger partial charge in [-0.2, -0.15) is 0 Å². The fourth-order valence-corrected chi connectivity index (χ4v) is 1.08. The molecule has 0 rings (SSSR count). The van der Waals surface area contributed by atoms with Crippen molar-refractivity contribution >= 4 is 11.9 Å². The first-order valence-corrected chi connectivity index (χ1v) is 5.87. The Hall–Kier alpha value is -1.62. The Labute approximate surface area is 108 Å². The van der Waals surface area contributed by atoms with E-state index in [0.717, 1.165) is 0 Å². The molecule has 0 aliphatic heterocycles. The Balaban J connectivity index is 3.57. The van der Waals surface area contributed by atoms with E-state index < -0.39 is 0 Å². The minimum absolute atomic E-state index is 0.322. The van der Waals surface area contributed by atoms with E-state index in [1.54, 1.807) is 26.0 Å². The van der Waals surface area contributed by atoms with Crippen LogP contribution in [0.25, 0.3) is 0 Å². The van der Waals surface area contributed by atoms with Gasteiger partial charge in [0.05, 0.1) is 0 Å². The highest BCUT2D eigenvalue weighted by Gasteiger charge is 2.02. The lowest BCUT2D eigenvalue weighted by Gasteiger charge is -2.15. The second-order valence-electron chi connectivity index (χ2n) is 3.64. The largest absolute Gasteiger partial charge is 0.461 e. The van der Waals surface area contributed by atoms with Crippen LogP contribution in [0.1, 0.15) is 13.8 Å². The molecule has 0 unspecified atom stereocenters. The quantitative estimate of drug-likeness (QED) is 0.481. The summed E-state index contributed by atoms with van der Waals surface area (Å²) < 4.78 is 9.87. The van der Waals surface area contributed by atoms with Gasteiger partial charge < -0.3 is 9.47 Å². The van der Waals surface area contributed by atoms with Crippen molar-refractivity contribution in [2.24, 2.45) is 0 Å². The molecular formula is C13H21NO4. The number of ether oxygens (including phenoxy) is 2. The van der Waals surface area contributed by atoms with Crippen LogP contribution in [0, 0.1) is 0 Å². The highest BCUT2D eigenvalue weighted by molar-refractivity contribution is 5.82. The maximum Gasteiger partial charge on any atom is 0.330 e. The van der Waals surface area contributed by atoms with Crippen LogP contribution in [-0.4, -0.2) is 50.2 Å². The Morgan fingerprint density at radius 3 is 1.67 bits per heavy atom. The van der Waals surface area contributed by atoms with Crippen LogP contribution in [0.3, 0.4) is 0 Å². The molecule has 0 saturated carbocycles. The van der Waals surface area contributed by atoms with Crippen molar-refractivity contribution in [3.05, 3.63) is 24.3 Å². The van der Waals surface area contributed by atoms with Crippen molar-refractivity contribution in [2.45, 2.75) is 13.8 Å². The van der Waals surface area contributed by atoms with E-state index in [2.05, 4.69) is 0 Å². The summed E-state index contributed by atoms with van der Waals surface area (Å²) in [7, 11) is 1.87. The van der Waals surface area contributed by atoms with E-state index in [9.17, 15) is 9.59 Å². The van der Waals surface area contributed by atoms with Gasteiger partial charge in [-0.25, -0.2) is 9.59 Å². The number of carbonyl (C=O) groups is 2. The molecule has 102 valence electrons. The smallest absolute Gasteiger partial charge is 0.330 e. The SMILES string of the molecule is CC=CC(=O)OCCN(C)CCOC(=O)C=CC. The van der Waals surface area contributed by atoms with Crippen molar-refractivity contribution < 1.29 is 19.1 Å². The summed E-state index contributed by atoms with van der Waals surface area (Å²) in [5.41, 5.74) is 0. The van der Waals surface area contributed by atoms with Crippen LogP contribution in [0.15, 0.2) is 24.3 Å². The molecular weight excluding hydrogens is 234 g/mol. The Morgan fingerprint density at radius 1 is 0.944 bits per heavy atom. The third-order valence-corrected chi connectivity index (χ3v) is 2.04. The second kappa shape index (κ2) is 10.5. The molecule has 0 bridgehead atoms. The van der Waals surface area contributed by atoms with E-state index in [0.29, 0.717) is 26.3 Å². The molecule has 0 aromatic heterocycles. The summed E-state index contributed by atoms with van der Waals surface area (Å²) in [5, 5.41) is 0. The monoisotopic (exact) mass is 255 g/mol. The average molecular weight is 255 g/mol. The zero-order valence-electron chi connectivity index (χ0n) is 11.2. The number of hydrogen-bond donors (Lipinski definition) is 0. The molecule has 18 heavy (non-hydrogen) atoms. The number of likely N-dealkylation sites (N-methyl/N-ethyl adjacent to an activating group) is 1. The first kappa shape index (κ1) is 16.4. The summed E-state index contributed by atoms with van der Waals surface area (Å²) in [4.78, 5) is 23.9. The molecule has 5 heteroatoms. The topological polar surface area (TPSA) is 55.8 Å². The summed E-state index contributed by atoms with van der Waals surface area (Å²) in [6.07, 6.45) is 6.01. The molecule has 0 radical (unpaired) electrons. The number of carbonyl (C=O) groups excluding carboxylic acids is 2. The minimum atomic E-state index is -0.342. The van der Waals surface area contributed by atoms with Gasteiger partial charge in [0.1, 0.15) is 13.2 Å². The zero-order valence-corrected chi connectivity index (χ0v) is 11.2. The van der Waals surface area contributed by atoms with Crippen molar-refractivity contribution in [3.8, 4) is 0 Å². The zero-order chi connectivity index (χ0) is 13.8. The third kappa shape index (κ3) is 9.59. The number of hydrogen-bond acceptors (Lipinski definition) is 5. The van der Waals surface area contributed by atoms with Crippen LogP contribution >= 0.6 is 0 Å². The van der Waals surface area contributed by atoms with Crippen LogP contribution < -0.4 is 0 Å². The van der Waals surface area contributed by atoms with Crippen molar-refractivity contribution in [2.75, 3.05) is 33.4 Å².